The van der Waals surface area contributed by atoms with E-state index in [4.69, 9.17) is 4.98 Å². The molecule has 9 heteroatoms. The van der Waals surface area contributed by atoms with Crippen LogP contribution < -0.4 is 21.1 Å². The maximum absolute atomic E-state index is 13.1. The van der Waals surface area contributed by atoms with Gasteiger partial charge in [-0.3, -0.25) is 9.36 Å². The zero-order chi connectivity index (χ0) is 21.4. The molecule has 1 saturated carbocycles. The number of hydrogen-bond acceptors (Lipinski definition) is 7. The van der Waals surface area contributed by atoms with Gasteiger partial charge in [-0.25, -0.2) is 9.97 Å². The first-order valence-electron chi connectivity index (χ1n) is 10.9. The third kappa shape index (κ3) is 4.00. The highest BCUT2D eigenvalue weighted by atomic mass is 127. The Hall–Kier alpha value is -2.27. The topological polar surface area (TPSA) is 88.0 Å². The second-order valence-corrected chi connectivity index (χ2v) is 9.33. The van der Waals surface area contributed by atoms with E-state index < -0.39 is 0 Å². The van der Waals surface area contributed by atoms with Crippen LogP contribution in [0.25, 0.3) is 11.0 Å². The number of halogens is 1. The lowest BCUT2D eigenvalue weighted by Gasteiger charge is -2.29. The predicted molar refractivity (Wildman–Crippen MR) is 131 cm³/mol. The van der Waals surface area contributed by atoms with Crippen molar-refractivity contribution in [3.63, 3.8) is 0 Å². The molecule has 0 atom stereocenters. The normalized spacial score (nSPS) is 17.4. The van der Waals surface area contributed by atoms with Gasteiger partial charge in [-0.2, -0.15) is 4.98 Å². The molecule has 8 nitrogen and oxygen atoms in total. The number of fused-ring (bicyclic) bond motifs is 1. The highest BCUT2D eigenvalue weighted by Gasteiger charge is 2.23. The van der Waals surface area contributed by atoms with Gasteiger partial charge in [0.2, 0.25) is 5.95 Å². The minimum atomic E-state index is 0.0562. The maximum atomic E-state index is 13.1. The summed E-state index contributed by atoms with van der Waals surface area (Å²) in [6, 6.07) is 4.24. The fourth-order valence-electron chi connectivity index (χ4n) is 4.55. The summed E-state index contributed by atoms with van der Waals surface area (Å²) >= 11 is 2.16. The summed E-state index contributed by atoms with van der Waals surface area (Å²) in [7, 11) is 0. The molecule has 2 aliphatic rings. The first-order valence-corrected chi connectivity index (χ1v) is 12.0. The van der Waals surface area contributed by atoms with Crippen molar-refractivity contribution >= 4 is 51.1 Å². The molecule has 4 heterocycles. The van der Waals surface area contributed by atoms with Crippen molar-refractivity contribution in [1.82, 2.24) is 24.8 Å². The molecule has 0 aromatic carbocycles. The van der Waals surface area contributed by atoms with E-state index in [1.165, 1.54) is 0 Å². The Balaban J connectivity index is 1.47. The monoisotopic (exact) mass is 531 g/mol. The van der Waals surface area contributed by atoms with Crippen molar-refractivity contribution in [2.75, 3.05) is 36.4 Å². The van der Waals surface area contributed by atoms with Crippen molar-refractivity contribution in [2.24, 2.45) is 0 Å². The van der Waals surface area contributed by atoms with Crippen molar-refractivity contribution in [2.45, 2.75) is 38.6 Å². The van der Waals surface area contributed by atoms with Crippen LogP contribution in [0, 0.1) is 10.5 Å². The Kier molecular flexibility index (Phi) is 5.79. The van der Waals surface area contributed by atoms with Gasteiger partial charge >= 0.3 is 0 Å². The molecule has 31 heavy (non-hydrogen) atoms. The number of piperazine rings is 1. The third-order valence-electron chi connectivity index (χ3n) is 6.30. The van der Waals surface area contributed by atoms with E-state index >= 15 is 0 Å². The molecule has 3 aromatic rings. The van der Waals surface area contributed by atoms with Crippen LogP contribution in [0.5, 0.6) is 0 Å². The SMILES string of the molecule is Cc1c(I)c(=O)n(C2CCCC2)c2nc(Nc3ccc(N4CCNCC4)cn3)ncc12. The lowest BCUT2D eigenvalue weighted by Crippen LogP contribution is -2.43. The Morgan fingerprint density at radius 2 is 1.90 bits per heavy atom. The van der Waals surface area contributed by atoms with Crippen LogP contribution in [-0.2, 0) is 0 Å². The molecule has 0 bridgehead atoms. The fraction of sp³-hybridized carbons (Fsp3) is 0.455. The first kappa shape index (κ1) is 20.6. The number of aromatic nitrogens is 4. The van der Waals surface area contributed by atoms with E-state index in [0.29, 0.717) is 17.4 Å². The Labute approximate surface area is 194 Å². The van der Waals surface area contributed by atoms with Gasteiger partial charge < -0.3 is 15.5 Å². The molecule has 0 amide bonds. The summed E-state index contributed by atoms with van der Waals surface area (Å²) in [5.74, 6) is 1.15. The van der Waals surface area contributed by atoms with Gasteiger partial charge in [0.05, 0.1) is 15.5 Å². The van der Waals surface area contributed by atoms with Crippen LogP contribution in [0.1, 0.15) is 37.3 Å². The van der Waals surface area contributed by atoms with E-state index in [2.05, 4.69) is 54.2 Å². The van der Waals surface area contributed by atoms with Crippen LogP contribution in [0.3, 0.4) is 0 Å². The number of rotatable bonds is 4. The highest BCUT2D eigenvalue weighted by Crippen LogP contribution is 2.32. The largest absolute Gasteiger partial charge is 0.368 e. The Morgan fingerprint density at radius 3 is 2.61 bits per heavy atom. The zero-order valence-corrected chi connectivity index (χ0v) is 19.7. The smallest absolute Gasteiger partial charge is 0.266 e. The van der Waals surface area contributed by atoms with Crippen molar-refractivity contribution in [1.29, 1.82) is 0 Å². The van der Waals surface area contributed by atoms with Crippen LogP contribution >= 0.6 is 22.6 Å². The Morgan fingerprint density at radius 1 is 1.13 bits per heavy atom. The van der Waals surface area contributed by atoms with Gasteiger partial charge in [0.25, 0.3) is 5.56 Å². The second kappa shape index (κ2) is 8.70. The van der Waals surface area contributed by atoms with Crippen LogP contribution in [-0.4, -0.2) is 45.7 Å². The molecule has 0 radical (unpaired) electrons. The molecule has 1 aliphatic carbocycles. The number of aryl methyl sites for hydroxylation is 1. The second-order valence-electron chi connectivity index (χ2n) is 8.25. The number of nitrogens with zero attached hydrogens (tertiary/aromatic N) is 5. The quantitative estimate of drug-likeness (QED) is 0.500. The lowest BCUT2D eigenvalue weighted by atomic mass is 10.1. The van der Waals surface area contributed by atoms with Gasteiger partial charge in [-0.1, -0.05) is 12.8 Å². The van der Waals surface area contributed by atoms with E-state index in [1.54, 1.807) is 0 Å². The molecule has 1 aliphatic heterocycles. The van der Waals surface area contributed by atoms with Gasteiger partial charge in [-0.05, 0) is 60.1 Å². The van der Waals surface area contributed by atoms with E-state index in [9.17, 15) is 4.79 Å². The first-order chi connectivity index (χ1) is 15.1. The van der Waals surface area contributed by atoms with E-state index in [0.717, 1.165) is 72.1 Å². The van der Waals surface area contributed by atoms with Crippen LogP contribution in [0.15, 0.2) is 29.3 Å². The average Bonchev–Trinajstić information content (AvgIpc) is 3.33. The summed E-state index contributed by atoms with van der Waals surface area (Å²) in [6.07, 6.45) is 8.06. The molecule has 162 valence electrons. The minimum absolute atomic E-state index is 0.0562. The van der Waals surface area contributed by atoms with E-state index in [-0.39, 0.29) is 11.6 Å². The summed E-state index contributed by atoms with van der Waals surface area (Å²) in [5.41, 5.74) is 2.83. The van der Waals surface area contributed by atoms with Crippen LogP contribution in [0.4, 0.5) is 17.5 Å². The van der Waals surface area contributed by atoms with Crippen molar-refractivity contribution in [3.05, 3.63) is 44.0 Å². The summed E-state index contributed by atoms with van der Waals surface area (Å²) in [4.78, 5) is 29.3. The molecular weight excluding hydrogens is 505 g/mol. The molecule has 0 unspecified atom stereocenters. The lowest BCUT2D eigenvalue weighted by molar-refractivity contribution is 0.514. The van der Waals surface area contributed by atoms with E-state index in [1.807, 2.05) is 30.0 Å². The Bertz CT molecular complexity index is 1150. The third-order valence-corrected chi connectivity index (χ3v) is 7.57. The van der Waals surface area contributed by atoms with Gasteiger partial charge in [0.1, 0.15) is 11.5 Å². The summed E-state index contributed by atoms with van der Waals surface area (Å²) in [6.45, 7) is 5.92. The molecule has 3 aromatic heterocycles. The molecule has 1 saturated heterocycles. The van der Waals surface area contributed by atoms with Gasteiger partial charge in [-0.15, -0.1) is 0 Å². The maximum Gasteiger partial charge on any atom is 0.266 e. The number of hydrogen-bond donors (Lipinski definition) is 2. The summed E-state index contributed by atoms with van der Waals surface area (Å²) < 4.78 is 2.65. The molecule has 5 rings (SSSR count). The number of nitrogens with one attached hydrogen (secondary N) is 2. The predicted octanol–water partition coefficient (Wildman–Crippen LogP) is 3.37. The minimum Gasteiger partial charge on any atom is -0.368 e. The highest BCUT2D eigenvalue weighted by molar-refractivity contribution is 14.1. The number of pyridine rings is 2. The fourth-order valence-corrected chi connectivity index (χ4v) is 5.10. The zero-order valence-electron chi connectivity index (χ0n) is 17.6. The van der Waals surface area contributed by atoms with Gasteiger partial charge in [0.15, 0.2) is 0 Å². The molecule has 0 spiro atoms. The average molecular weight is 531 g/mol. The standard InChI is InChI=1S/C22H26IN7O/c1-14-17-13-26-22(27-18-7-6-16(12-25-18)29-10-8-24-9-11-29)28-20(17)30(21(31)19(14)23)15-4-2-3-5-15/h6-7,12-13,15,24H,2-5,8-11H2,1H3,(H,25,26,27,28). The molecule has 2 N–H and O–H groups in total. The molecule has 2 fully saturated rings. The molecular formula is C22H26IN7O. The van der Waals surface area contributed by atoms with Crippen LogP contribution in [0.2, 0.25) is 0 Å². The summed E-state index contributed by atoms with van der Waals surface area (Å²) in [5, 5.41) is 7.51. The van der Waals surface area contributed by atoms with Gasteiger partial charge in [0, 0.05) is 43.8 Å². The number of anilines is 3. The van der Waals surface area contributed by atoms with Crippen molar-refractivity contribution in [3.8, 4) is 0 Å². The van der Waals surface area contributed by atoms with Crippen molar-refractivity contribution < 1.29 is 0 Å².